The first-order valence-electron chi connectivity index (χ1n) is 23.0. The Morgan fingerprint density at radius 2 is 1.44 bits per heavy atom. The van der Waals surface area contributed by atoms with E-state index in [2.05, 4.69) is 36.8 Å². The summed E-state index contributed by atoms with van der Waals surface area (Å²) in [6.07, 6.45) is 6.37. The summed E-state index contributed by atoms with van der Waals surface area (Å²) in [6, 6.07) is 23.2. The van der Waals surface area contributed by atoms with Gasteiger partial charge in [-0.1, -0.05) is 113 Å². The molecule has 1 heterocycles. The maximum Gasteiger partial charge on any atom is 0.573 e. The van der Waals surface area contributed by atoms with Gasteiger partial charge in [0.2, 0.25) is 0 Å². The molecule has 338 valence electrons. The summed E-state index contributed by atoms with van der Waals surface area (Å²) in [5.74, 6) is -1.47. The number of fused-ring (bicyclic) bond motifs is 3. The Labute approximate surface area is 372 Å². The van der Waals surface area contributed by atoms with Crippen LogP contribution in [0.15, 0.2) is 103 Å². The van der Waals surface area contributed by atoms with Gasteiger partial charge in [0.1, 0.15) is 5.75 Å². The number of carbonyl (C=O) groups excluding carboxylic acids is 3. The number of hydrogen-bond acceptors (Lipinski definition) is 7. The van der Waals surface area contributed by atoms with E-state index in [0.717, 1.165) is 23.1 Å². The van der Waals surface area contributed by atoms with Gasteiger partial charge < -0.3 is 24.6 Å². The van der Waals surface area contributed by atoms with Crippen molar-refractivity contribution in [2.75, 3.05) is 6.54 Å². The van der Waals surface area contributed by atoms with Crippen molar-refractivity contribution in [1.82, 2.24) is 4.90 Å². The van der Waals surface area contributed by atoms with Crippen molar-refractivity contribution in [2.24, 2.45) is 44.3 Å². The lowest BCUT2D eigenvalue weighted by molar-refractivity contribution is -0.274. The van der Waals surface area contributed by atoms with Crippen LogP contribution in [0.3, 0.4) is 0 Å². The highest BCUT2D eigenvalue weighted by Gasteiger charge is 2.78. The minimum Gasteiger partial charge on any atom is -0.448 e. The molecule has 8 aliphatic rings. The molecule has 7 aliphatic carbocycles. The van der Waals surface area contributed by atoms with Crippen LogP contribution in [-0.4, -0.2) is 63.0 Å². The third-order valence-electron chi connectivity index (χ3n) is 18.9. The van der Waals surface area contributed by atoms with Crippen LogP contribution in [0.2, 0.25) is 0 Å². The Bertz CT molecular complexity index is 2480. The van der Waals surface area contributed by atoms with Gasteiger partial charge in [0.25, 0.3) is 5.91 Å². The molecule has 1 unspecified atom stereocenters. The fraction of sp³-hybridized carbons (Fsp3) is 0.528. The maximum atomic E-state index is 15.4. The van der Waals surface area contributed by atoms with E-state index < -0.39 is 68.4 Å². The smallest absolute Gasteiger partial charge is 0.448 e. The van der Waals surface area contributed by atoms with Gasteiger partial charge >= 0.3 is 12.3 Å². The molecule has 5 fully saturated rings. The van der Waals surface area contributed by atoms with E-state index in [1.165, 1.54) is 24.3 Å². The fourth-order valence-corrected chi connectivity index (χ4v) is 14.7. The second-order valence-electron chi connectivity index (χ2n) is 21.6. The highest BCUT2D eigenvalue weighted by atomic mass is 19.4. The van der Waals surface area contributed by atoms with Gasteiger partial charge in [-0.05, 0) is 111 Å². The van der Waals surface area contributed by atoms with Crippen LogP contribution in [0.4, 0.5) is 13.2 Å². The SMILES string of the molecule is CC1(C)[C@@]2(C)CC[C@]1(C(=O)N(Cc1ccc(OC(F)(F)F)cc1)C[C@]1(O)CC[C@H]3[C@]45C=C[C@@]6(C=C4C(=O)c4ccc(-c7ccccc7)cc4)CC(O)CC[C@]6(C)[C@H]5CC[C@@]31C)OC2=O. The number of carbonyl (C=O) groups is 3. The molecule has 11 heteroatoms. The molecule has 10 atom stereocenters. The third-order valence-corrected chi connectivity index (χ3v) is 18.9. The zero-order valence-electron chi connectivity index (χ0n) is 37.3. The number of Topliss-reactive ketones (excluding diaryl/α,β-unsaturated/α-hetero) is 1. The zero-order chi connectivity index (χ0) is 45.5. The highest BCUT2D eigenvalue weighted by molar-refractivity contribution is 6.11. The Hall–Kier alpha value is -4.74. The van der Waals surface area contributed by atoms with Gasteiger partial charge in [-0.3, -0.25) is 14.4 Å². The van der Waals surface area contributed by atoms with Gasteiger partial charge in [0.15, 0.2) is 11.4 Å². The quantitative estimate of drug-likeness (QED) is 0.125. The molecule has 3 aromatic carbocycles. The molecule has 1 saturated heterocycles. The van der Waals surface area contributed by atoms with Crippen LogP contribution in [0, 0.1) is 44.3 Å². The lowest BCUT2D eigenvalue weighted by Gasteiger charge is -2.71. The molecule has 8 nitrogen and oxygen atoms in total. The van der Waals surface area contributed by atoms with Crippen LogP contribution < -0.4 is 4.74 Å². The summed E-state index contributed by atoms with van der Waals surface area (Å²) in [5, 5.41) is 24.7. The number of aliphatic hydroxyl groups excluding tert-OH is 1. The predicted molar refractivity (Wildman–Crippen MR) is 233 cm³/mol. The number of halogens is 3. The Kier molecular flexibility index (Phi) is 9.37. The van der Waals surface area contributed by atoms with Crippen molar-refractivity contribution in [1.29, 1.82) is 0 Å². The van der Waals surface area contributed by atoms with Gasteiger partial charge in [-0.25, -0.2) is 0 Å². The molecule has 0 radical (unpaired) electrons. The predicted octanol–water partition coefficient (Wildman–Crippen LogP) is 10.2. The maximum absolute atomic E-state index is 15.4. The third kappa shape index (κ3) is 5.70. The summed E-state index contributed by atoms with van der Waals surface area (Å²) in [7, 11) is 0. The van der Waals surface area contributed by atoms with E-state index in [-0.39, 0.29) is 36.1 Å². The van der Waals surface area contributed by atoms with E-state index in [1.54, 1.807) is 4.90 Å². The second kappa shape index (κ2) is 13.9. The fourth-order valence-electron chi connectivity index (χ4n) is 14.7. The van der Waals surface area contributed by atoms with Crippen molar-refractivity contribution < 1.29 is 47.2 Å². The van der Waals surface area contributed by atoms with E-state index >= 15 is 9.59 Å². The standard InChI is InChI=1S/C53H58F3NO7/c1-45(2)48(5)25-28-52(45,64-44(48)61)43(60)57(31-33-11-17-38(18-12-33)63-53(54,55)56)32-50(62)24-21-41-47(50,4)23-20-40-46(3)22-19-37(58)29-49(46)26-27-51(40,41)39(30-49)42(59)36-15-13-35(14-16-36)34-9-7-6-8-10-34/h6-18,26-27,30,37,40-41,58,62H,19-25,28-29,31-32H2,1-5H3/t37?,40-,41-,46-,47+,48+,49+,50-,51-,52-/m1/s1. The summed E-state index contributed by atoms with van der Waals surface area (Å²) >= 11 is 0. The lowest BCUT2D eigenvalue weighted by atomic mass is 9.32. The topological polar surface area (TPSA) is 113 Å². The molecule has 4 saturated carbocycles. The molecule has 64 heavy (non-hydrogen) atoms. The lowest BCUT2D eigenvalue weighted by Crippen LogP contribution is -2.67. The molecule has 4 bridgehead atoms. The van der Waals surface area contributed by atoms with Crippen molar-refractivity contribution in [3.63, 3.8) is 0 Å². The number of esters is 1. The summed E-state index contributed by atoms with van der Waals surface area (Å²) < 4.78 is 49.6. The Morgan fingerprint density at radius 1 is 0.797 bits per heavy atom. The first-order chi connectivity index (χ1) is 30.1. The number of ether oxygens (including phenoxy) is 2. The average Bonchev–Trinajstić information content (AvgIpc) is 3.71. The minimum absolute atomic E-state index is 0.0504. The van der Waals surface area contributed by atoms with Crippen LogP contribution in [0.5, 0.6) is 5.75 Å². The van der Waals surface area contributed by atoms with Crippen LogP contribution in [0.25, 0.3) is 11.1 Å². The number of nitrogens with zero attached hydrogens (tertiary/aromatic N) is 1. The van der Waals surface area contributed by atoms with E-state index in [0.29, 0.717) is 62.5 Å². The van der Waals surface area contributed by atoms with Gasteiger partial charge in [-0.2, -0.15) is 0 Å². The molecule has 2 N–H and O–H groups in total. The number of ketones is 1. The molecule has 2 spiro atoms. The Morgan fingerprint density at radius 3 is 2.08 bits per heavy atom. The monoisotopic (exact) mass is 877 g/mol. The van der Waals surface area contributed by atoms with Crippen LogP contribution in [0.1, 0.15) is 108 Å². The summed E-state index contributed by atoms with van der Waals surface area (Å²) in [6.45, 7) is 9.88. The Balaban J connectivity index is 1.04. The van der Waals surface area contributed by atoms with Gasteiger partial charge in [-0.15, -0.1) is 13.2 Å². The van der Waals surface area contributed by atoms with Crippen molar-refractivity contribution >= 4 is 17.7 Å². The first kappa shape index (κ1) is 43.2. The molecule has 1 aliphatic heterocycles. The molecule has 1 amide bonds. The zero-order valence-corrected chi connectivity index (χ0v) is 37.3. The molecular formula is C53H58F3NO7. The number of alkyl halides is 3. The number of aliphatic hydroxyl groups is 2. The molecule has 0 aromatic heterocycles. The van der Waals surface area contributed by atoms with Crippen molar-refractivity contribution in [3.05, 3.63) is 114 Å². The first-order valence-corrected chi connectivity index (χ1v) is 23.0. The van der Waals surface area contributed by atoms with E-state index in [1.807, 2.05) is 75.4 Å². The van der Waals surface area contributed by atoms with Gasteiger partial charge in [0.05, 0.1) is 23.7 Å². The molecule has 3 aromatic rings. The summed E-state index contributed by atoms with van der Waals surface area (Å²) in [5.41, 5.74) is -3.19. The van der Waals surface area contributed by atoms with Crippen molar-refractivity contribution in [2.45, 2.75) is 123 Å². The van der Waals surface area contributed by atoms with E-state index in [9.17, 15) is 28.2 Å². The van der Waals surface area contributed by atoms with Crippen LogP contribution in [-0.2, 0) is 20.9 Å². The largest absolute Gasteiger partial charge is 0.573 e. The van der Waals surface area contributed by atoms with Crippen LogP contribution >= 0.6 is 0 Å². The average molecular weight is 878 g/mol. The van der Waals surface area contributed by atoms with Gasteiger partial charge in [0, 0.05) is 39.3 Å². The van der Waals surface area contributed by atoms with E-state index in [4.69, 9.17) is 4.74 Å². The normalized spacial score (nSPS) is 38.8. The number of rotatable bonds is 9. The van der Waals surface area contributed by atoms with Crippen molar-refractivity contribution in [3.8, 4) is 16.9 Å². The number of benzene rings is 3. The number of allylic oxidation sites excluding steroid dienone is 4. The molecular weight excluding hydrogens is 820 g/mol. The minimum atomic E-state index is -4.87. The number of hydrogen-bond donors (Lipinski definition) is 2. The molecule has 11 rings (SSSR count). The highest BCUT2D eigenvalue weighted by Crippen LogP contribution is 2.78. The number of amides is 1. The summed E-state index contributed by atoms with van der Waals surface area (Å²) in [4.78, 5) is 45.7. The second-order valence-corrected chi connectivity index (χ2v) is 21.6.